The molecule has 1 unspecified atom stereocenters. The number of hydrogen-bond donors (Lipinski definition) is 1. The number of rotatable bonds is 4. The highest BCUT2D eigenvalue weighted by molar-refractivity contribution is 5.61. The summed E-state index contributed by atoms with van der Waals surface area (Å²) in [6.45, 7) is 6.70. The molecule has 0 fully saturated rings. The molecule has 0 spiro atoms. The van der Waals surface area contributed by atoms with Crippen LogP contribution in [0.25, 0.3) is 0 Å². The molecule has 0 bridgehead atoms. The van der Waals surface area contributed by atoms with Crippen LogP contribution >= 0.6 is 0 Å². The quantitative estimate of drug-likeness (QED) is 0.834. The van der Waals surface area contributed by atoms with Crippen molar-refractivity contribution < 1.29 is 0 Å². The van der Waals surface area contributed by atoms with Crippen LogP contribution in [0.15, 0.2) is 18.2 Å². The molecule has 1 aliphatic rings. The van der Waals surface area contributed by atoms with Gasteiger partial charge in [0, 0.05) is 18.3 Å². The zero-order chi connectivity index (χ0) is 11.5. The zero-order valence-corrected chi connectivity index (χ0v) is 10.6. The highest BCUT2D eigenvalue weighted by Gasteiger charge is 2.28. The van der Waals surface area contributed by atoms with Crippen LogP contribution in [0.2, 0.25) is 0 Å². The molecule has 16 heavy (non-hydrogen) atoms. The third-order valence-corrected chi connectivity index (χ3v) is 3.64. The number of nitrogens with one attached hydrogen (secondary N) is 1. The summed E-state index contributed by atoms with van der Waals surface area (Å²) >= 11 is 0. The third-order valence-electron chi connectivity index (χ3n) is 3.64. The summed E-state index contributed by atoms with van der Waals surface area (Å²) < 4.78 is 0. The summed E-state index contributed by atoms with van der Waals surface area (Å²) in [6, 6.07) is 7.36. The Balaban J connectivity index is 2.22. The van der Waals surface area contributed by atoms with Crippen molar-refractivity contribution in [2.24, 2.45) is 0 Å². The Morgan fingerprint density at radius 3 is 2.94 bits per heavy atom. The Hall–Kier alpha value is -1.02. The average molecular weight is 218 g/mol. The number of aryl methyl sites for hydroxylation is 1. The van der Waals surface area contributed by atoms with Crippen molar-refractivity contribution in [2.45, 2.75) is 32.7 Å². The van der Waals surface area contributed by atoms with Crippen molar-refractivity contribution in [3.05, 3.63) is 29.3 Å². The lowest BCUT2D eigenvalue weighted by Gasteiger charge is -2.26. The van der Waals surface area contributed by atoms with Crippen LogP contribution in [0.4, 0.5) is 5.69 Å². The molecule has 0 saturated carbocycles. The van der Waals surface area contributed by atoms with E-state index in [0.717, 1.165) is 13.1 Å². The fourth-order valence-electron chi connectivity index (χ4n) is 2.76. The van der Waals surface area contributed by atoms with Gasteiger partial charge in [-0.1, -0.05) is 12.1 Å². The molecule has 0 aromatic heterocycles. The van der Waals surface area contributed by atoms with Crippen molar-refractivity contribution in [1.82, 2.24) is 5.32 Å². The Kier molecular flexibility index (Phi) is 3.49. The van der Waals surface area contributed by atoms with Gasteiger partial charge >= 0.3 is 0 Å². The smallest absolute Gasteiger partial charge is 0.0404 e. The Morgan fingerprint density at radius 1 is 1.44 bits per heavy atom. The SMILES string of the molecule is CCN1c2cccc(C)c2CC1CCNC. The second kappa shape index (κ2) is 4.88. The first kappa shape index (κ1) is 11.5. The highest BCUT2D eigenvalue weighted by atomic mass is 15.2. The Labute approximate surface area is 98.7 Å². The lowest BCUT2D eigenvalue weighted by Crippen LogP contribution is -2.33. The number of anilines is 1. The molecule has 0 amide bonds. The van der Waals surface area contributed by atoms with Gasteiger partial charge < -0.3 is 10.2 Å². The van der Waals surface area contributed by atoms with E-state index < -0.39 is 0 Å². The largest absolute Gasteiger partial charge is 0.368 e. The van der Waals surface area contributed by atoms with Gasteiger partial charge in [-0.05, 0) is 57.5 Å². The molecule has 0 aliphatic carbocycles. The first-order valence-electron chi connectivity index (χ1n) is 6.27. The molecule has 2 nitrogen and oxygen atoms in total. The van der Waals surface area contributed by atoms with Gasteiger partial charge in [0.1, 0.15) is 0 Å². The van der Waals surface area contributed by atoms with Gasteiger partial charge in [-0.15, -0.1) is 0 Å². The summed E-state index contributed by atoms with van der Waals surface area (Å²) in [4.78, 5) is 2.56. The second-order valence-electron chi connectivity index (χ2n) is 4.61. The summed E-state index contributed by atoms with van der Waals surface area (Å²) in [7, 11) is 2.03. The van der Waals surface area contributed by atoms with Crippen molar-refractivity contribution >= 4 is 5.69 Å². The van der Waals surface area contributed by atoms with E-state index in [1.807, 2.05) is 7.05 Å². The van der Waals surface area contributed by atoms with Crippen LogP contribution in [0.1, 0.15) is 24.5 Å². The van der Waals surface area contributed by atoms with Crippen molar-refractivity contribution in [1.29, 1.82) is 0 Å². The van der Waals surface area contributed by atoms with Crippen LogP contribution in [-0.4, -0.2) is 26.2 Å². The van der Waals surface area contributed by atoms with E-state index in [9.17, 15) is 0 Å². The molecule has 1 heterocycles. The Bertz CT molecular complexity index is 360. The highest BCUT2D eigenvalue weighted by Crippen LogP contribution is 2.34. The predicted molar refractivity (Wildman–Crippen MR) is 70.2 cm³/mol. The van der Waals surface area contributed by atoms with E-state index in [-0.39, 0.29) is 0 Å². The summed E-state index contributed by atoms with van der Waals surface area (Å²) in [6.07, 6.45) is 2.45. The summed E-state index contributed by atoms with van der Waals surface area (Å²) in [5, 5.41) is 3.25. The van der Waals surface area contributed by atoms with Crippen LogP contribution in [0, 0.1) is 6.92 Å². The maximum absolute atomic E-state index is 3.25. The molecule has 0 saturated heterocycles. The minimum atomic E-state index is 0.688. The topological polar surface area (TPSA) is 15.3 Å². The van der Waals surface area contributed by atoms with E-state index in [1.54, 1.807) is 5.56 Å². The number of hydrogen-bond acceptors (Lipinski definition) is 2. The molecule has 1 aromatic carbocycles. The van der Waals surface area contributed by atoms with Crippen LogP contribution < -0.4 is 10.2 Å². The molecule has 2 heteroatoms. The molecule has 1 atom stereocenters. The number of fused-ring (bicyclic) bond motifs is 1. The minimum Gasteiger partial charge on any atom is -0.368 e. The van der Waals surface area contributed by atoms with Crippen LogP contribution in [0.3, 0.4) is 0 Å². The zero-order valence-electron chi connectivity index (χ0n) is 10.6. The lowest BCUT2D eigenvalue weighted by molar-refractivity contribution is 0.565. The molecule has 1 aromatic rings. The van der Waals surface area contributed by atoms with Crippen molar-refractivity contribution in [2.75, 3.05) is 25.0 Å². The van der Waals surface area contributed by atoms with Gasteiger partial charge in [-0.25, -0.2) is 0 Å². The van der Waals surface area contributed by atoms with E-state index in [1.165, 1.54) is 24.1 Å². The van der Waals surface area contributed by atoms with Gasteiger partial charge in [0.15, 0.2) is 0 Å². The second-order valence-corrected chi connectivity index (χ2v) is 4.61. The van der Waals surface area contributed by atoms with E-state index >= 15 is 0 Å². The lowest BCUT2D eigenvalue weighted by atomic mass is 10.0. The monoisotopic (exact) mass is 218 g/mol. The fraction of sp³-hybridized carbons (Fsp3) is 0.571. The molecule has 2 rings (SSSR count). The molecule has 1 N–H and O–H groups in total. The molecular formula is C14H22N2. The fourth-order valence-corrected chi connectivity index (χ4v) is 2.76. The van der Waals surface area contributed by atoms with Gasteiger partial charge in [-0.3, -0.25) is 0 Å². The molecule has 1 aliphatic heterocycles. The first-order valence-corrected chi connectivity index (χ1v) is 6.27. The van der Waals surface area contributed by atoms with Crippen LogP contribution in [0.5, 0.6) is 0 Å². The van der Waals surface area contributed by atoms with Crippen molar-refractivity contribution in [3.8, 4) is 0 Å². The summed E-state index contributed by atoms with van der Waals surface area (Å²) in [5.41, 5.74) is 4.47. The average Bonchev–Trinajstić information content (AvgIpc) is 2.65. The van der Waals surface area contributed by atoms with E-state index in [0.29, 0.717) is 6.04 Å². The normalized spacial score (nSPS) is 18.9. The number of benzene rings is 1. The minimum absolute atomic E-state index is 0.688. The standard InChI is InChI=1S/C14H22N2/c1-4-16-12(8-9-15-3)10-13-11(2)6-5-7-14(13)16/h5-7,12,15H,4,8-10H2,1-3H3. The summed E-state index contributed by atoms with van der Waals surface area (Å²) in [5.74, 6) is 0. The molecule has 88 valence electrons. The molecular weight excluding hydrogens is 196 g/mol. The van der Waals surface area contributed by atoms with E-state index in [2.05, 4.69) is 42.3 Å². The van der Waals surface area contributed by atoms with Crippen LogP contribution in [-0.2, 0) is 6.42 Å². The van der Waals surface area contributed by atoms with Gasteiger partial charge in [0.2, 0.25) is 0 Å². The van der Waals surface area contributed by atoms with Gasteiger partial charge in [0.05, 0.1) is 0 Å². The number of likely N-dealkylation sites (N-methyl/N-ethyl adjacent to an activating group) is 1. The maximum atomic E-state index is 3.25. The first-order chi connectivity index (χ1) is 7.77. The maximum Gasteiger partial charge on any atom is 0.0404 e. The predicted octanol–water partition coefficient (Wildman–Crippen LogP) is 2.36. The molecule has 0 radical (unpaired) electrons. The Morgan fingerprint density at radius 2 is 2.25 bits per heavy atom. The van der Waals surface area contributed by atoms with Crippen molar-refractivity contribution in [3.63, 3.8) is 0 Å². The van der Waals surface area contributed by atoms with Gasteiger partial charge in [-0.2, -0.15) is 0 Å². The number of nitrogens with zero attached hydrogens (tertiary/aromatic N) is 1. The van der Waals surface area contributed by atoms with Gasteiger partial charge in [0.25, 0.3) is 0 Å². The van der Waals surface area contributed by atoms with E-state index in [4.69, 9.17) is 0 Å². The third kappa shape index (κ3) is 1.94.